The standard InChI is InChI=1S/C14H25N5O2/c1-4-7-15-12-16-13(18-14(17-12)20-3)19(2)10-11-5-8-21-9-6-11/h11H,4-10H2,1-3H3,(H,15,16,17,18). The van der Waals surface area contributed by atoms with E-state index in [9.17, 15) is 0 Å². The first kappa shape index (κ1) is 15.8. The van der Waals surface area contributed by atoms with Crippen molar-refractivity contribution in [1.82, 2.24) is 15.0 Å². The van der Waals surface area contributed by atoms with E-state index >= 15 is 0 Å². The summed E-state index contributed by atoms with van der Waals surface area (Å²) in [5.74, 6) is 1.84. The zero-order valence-corrected chi connectivity index (χ0v) is 13.1. The molecule has 0 radical (unpaired) electrons. The normalized spacial score (nSPS) is 15.8. The van der Waals surface area contributed by atoms with E-state index in [1.54, 1.807) is 7.11 Å². The molecule has 0 atom stereocenters. The number of hydrogen-bond acceptors (Lipinski definition) is 7. The molecule has 0 saturated carbocycles. The molecule has 1 aromatic rings. The number of rotatable bonds is 7. The summed E-state index contributed by atoms with van der Waals surface area (Å²) in [7, 11) is 3.58. The fraction of sp³-hybridized carbons (Fsp3) is 0.786. The number of ether oxygens (including phenoxy) is 2. The molecule has 1 N–H and O–H groups in total. The fourth-order valence-electron chi connectivity index (χ4n) is 2.32. The fourth-order valence-corrected chi connectivity index (χ4v) is 2.32. The molecule has 21 heavy (non-hydrogen) atoms. The van der Waals surface area contributed by atoms with E-state index in [0.29, 0.717) is 23.8 Å². The second kappa shape index (κ2) is 7.97. The summed E-state index contributed by atoms with van der Waals surface area (Å²) < 4.78 is 10.6. The van der Waals surface area contributed by atoms with Gasteiger partial charge in [0.2, 0.25) is 11.9 Å². The molecule has 2 heterocycles. The smallest absolute Gasteiger partial charge is 0.322 e. The SMILES string of the molecule is CCCNc1nc(OC)nc(N(C)CC2CCOCC2)n1. The molecule has 0 unspecified atom stereocenters. The molecule has 1 aromatic heterocycles. The van der Waals surface area contributed by atoms with Gasteiger partial charge in [0.15, 0.2) is 0 Å². The lowest BCUT2D eigenvalue weighted by Gasteiger charge is -2.27. The lowest BCUT2D eigenvalue weighted by molar-refractivity contribution is 0.0684. The van der Waals surface area contributed by atoms with Gasteiger partial charge in [-0.25, -0.2) is 0 Å². The number of nitrogens with one attached hydrogen (secondary N) is 1. The van der Waals surface area contributed by atoms with Crippen LogP contribution in [0.15, 0.2) is 0 Å². The number of aromatic nitrogens is 3. The maximum atomic E-state index is 5.40. The van der Waals surface area contributed by atoms with Crippen molar-refractivity contribution in [3.8, 4) is 6.01 Å². The Morgan fingerprint density at radius 3 is 2.71 bits per heavy atom. The van der Waals surface area contributed by atoms with E-state index in [4.69, 9.17) is 9.47 Å². The van der Waals surface area contributed by atoms with Gasteiger partial charge in [0, 0.05) is 33.4 Å². The molecule has 7 heteroatoms. The second-order valence-corrected chi connectivity index (χ2v) is 5.31. The van der Waals surface area contributed by atoms with Crippen molar-refractivity contribution < 1.29 is 9.47 Å². The molecule has 1 aliphatic rings. The average Bonchev–Trinajstić information content (AvgIpc) is 2.53. The van der Waals surface area contributed by atoms with Crippen LogP contribution in [0.5, 0.6) is 6.01 Å². The van der Waals surface area contributed by atoms with Crippen LogP contribution in [0.3, 0.4) is 0 Å². The Bertz CT molecular complexity index is 437. The molecule has 0 amide bonds. The molecule has 0 bridgehead atoms. The van der Waals surface area contributed by atoms with Gasteiger partial charge < -0.3 is 19.7 Å². The summed E-state index contributed by atoms with van der Waals surface area (Å²) in [6, 6.07) is 0.345. The summed E-state index contributed by atoms with van der Waals surface area (Å²) in [4.78, 5) is 15.1. The van der Waals surface area contributed by atoms with Gasteiger partial charge in [-0.3, -0.25) is 0 Å². The topological polar surface area (TPSA) is 72.4 Å². The average molecular weight is 295 g/mol. The van der Waals surface area contributed by atoms with Gasteiger partial charge in [-0.2, -0.15) is 15.0 Å². The summed E-state index contributed by atoms with van der Waals surface area (Å²) in [6.07, 6.45) is 3.20. The molecule has 0 aliphatic carbocycles. The van der Waals surface area contributed by atoms with Crippen LogP contribution in [0.25, 0.3) is 0 Å². The minimum Gasteiger partial charge on any atom is -0.467 e. The third kappa shape index (κ3) is 4.70. The van der Waals surface area contributed by atoms with E-state index in [-0.39, 0.29) is 0 Å². The Labute approximate surface area is 126 Å². The van der Waals surface area contributed by atoms with Crippen molar-refractivity contribution in [2.45, 2.75) is 26.2 Å². The highest BCUT2D eigenvalue weighted by atomic mass is 16.5. The summed E-state index contributed by atoms with van der Waals surface area (Å²) in [6.45, 7) is 5.55. The van der Waals surface area contributed by atoms with Gasteiger partial charge in [-0.1, -0.05) is 6.92 Å². The van der Waals surface area contributed by atoms with Crippen molar-refractivity contribution in [2.24, 2.45) is 5.92 Å². The maximum Gasteiger partial charge on any atom is 0.322 e. The molecule has 0 spiro atoms. The Balaban J connectivity index is 2.05. The monoisotopic (exact) mass is 295 g/mol. The van der Waals surface area contributed by atoms with Crippen molar-refractivity contribution in [3.63, 3.8) is 0 Å². The minimum atomic E-state index is 0.345. The third-order valence-electron chi connectivity index (χ3n) is 3.53. The summed E-state index contributed by atoms with van der Waals surface area (Å²) >= 11 is 0. The van der Waals surface area contributed by atoms with Crippen LogP contribution >= 0.6 is 0 Å². The quantitative estimate of drug-likeness (QED) is 0.818. The third-order valence-corrected chi connectivity index (χ3v) is 3.53. The molecule has 1 saturated heterocycles. The lowest BCUT2D eigenvalue weighted by Crippen LogP contribution is -2.31. The summed E-state index contributed by atoms with van der Waals surface area (Å²) in [5, 5.41) is 3.18. The lowest BCUT2D eigenvalue weighted by atomic mass is 10.0. The van der Waals surface area contributed by atoms with Crippen LogP contribution in [-0.4, -0.2) is 55.4 Å². The molecule has 118 valence electrons. The van der Waals surface area contributed by atoms with Gasteiger partial charge >= 0.3 is 6.01 Å². The van der Waals surface area contributed by atoms with Crippen molar-refractivity contribution in [2.75, 3.05) is 50.7 Å². The molecular formula is C14H25N5O2. The van der Waals surface area contributed by atoms with Crippen LogP contribution in [0.2, 0.25) is 0 Å². The van der Waals surface area contributed by atoms with Crippen LogP contribution in [0.1, 0.15) is 26.2 Å². The largest absolute Gasteiger partial charge is 0.467 e. The van der Waals surface area contributed by atoms with Gasteiger partial charge in [0.25, 0.3) is 0 Å². The van der Waals surface area contributed by atoms with Crippen molar-refractivity contribution in [3.05, 3.63) is 0 Å². The Morgan fingerprint density at radius 2 is 2.05 bits per heavy atom. The minimum absolute atomic E-state index is 0.345. The predicted molar refractivity (Wildman–Crippen MR) is 82.0 cm³/mol. The van der Waals surface area contributed by atoms with Gasteiger partial charge in [0.1, 0.15) is 0 Å². The van der Waals surface area contributed by atoms with Gasteiger partial charge in [-0.15, -0.1) is 0 Å². The van der Waals surface area contributed by atoms with Gasteiger partial charge in [0.05, 0.1) is 7.11 Å². The number of anilines is 2. The number of methoxy groups -OCH3 is 1. The van der Waals surface area contributed by atoms with Crippen LogP contribution in [0.4, 0.5) is 11.9 Å². The second-order valence-electron chi connectivity index (χ2n) is 5.31. The van der Waals surface area contributed by atoms with Crippen LogP contribution in [0, 0.1) is 5.92 Å². The molecule has 1 aliphatic heterocycles. The highest BCUT2D eigenvalue weighted by Gasteiger charge is 2.18. The number of nitrogens with zero attached hydrogens (tertiary/aromatic N) is 4. The molecule has 7 nitrogen and oxygen atoms in total. The van der Waals surface area contributed by atoms with Crippen LogP contribution in [-0.2, 0) is 4.74 Å². The van der Waals surface area contributed by atoms with Gasteiger partial charge in [-0.05, 0) is 25.2 Å². The Morgan fingerprint density at radius 1 is 1.29 bits per heavy atom. The summed E-state index contributed by atoms with van der Waals surface area (Å²) in [5.41, 5.74) is 0. The first-order chi connectivity index (χ1) is 10.2. The molecule has 2 rings (SSSR count). The van der Waals surface area contributed by atoms with E-state index in [1.807, 2.05) is 7.05 Å². The maximum absolute atomic E-state index is 5.40. The number of hydrogen-bond donors (Lipinski definition) is 1. The zero-order chi connectivity index (χ0) is 15.1. The highest BCUT2D eigenvalue weighted by Crippen LogP contribution is 2.19. The molecule has 1 fully saturated rings. The zero-order valence-electron chi connectivity index (χ0n) is 13.1. The molecular weight excluding hydrogens is 270 g/mol. The highest BCUT2D eigenvalue weighted by molar-refractivity contribution is 5.37. The first-order valence-corrected chi connectivity index (χ1v) is 7.55. The van der Waals surface area contributed by atoms with E-state index in [2.05, 4.69) is 32.1 Å². The molecule has 0 aromatic carbocycles. The Kier molecular flexibility index (Phi) is 5.98. The van der Waals surface area contributed by atoms with E-state index in [0.717, 1.165) is 45.6 Å². The van der Waals surface area contributed by atoms with Crippen LogP contribution < -0.4 is 15.0 Å². The van der Waals surface area contributed by atoms with Crippen molar-refractivity contribution >= 4 is 11.9 Å². The Hall–Kier alpha value is -1.63. The first-order valence-electron chi connectivity index (χ1n) is 7.55. The predicted octanol–water partition coefficient (Wildman–Crippen LogP) is 1.56. The van der Waals surface area contributed by atoms with Crippen molar-refractivity contribution in [1.29, 1.82) is 0 Å². The van der Waals surface area contributed by atoms with E-state index < -0.39 is 0 Å². The van der Waals surface area contributed by atoms with E-state index in [1.165, 1.54) is 0 Å².